The monoisotopic (exact) mass is 1020 g/mol. The summed E-state index contributed by atoms with van der Waals surface area (Å²) in [7, 11) is 0. The Bertz CT molecular complexity index is 1200. The lowest BCUT2D eigenvalue weighted by Crippen LogP contribution is -2.65. The molecular formula is C57H111NO13. The van der Waals surface area contributed by atoms with Crippen molar-refractivity contribution in [1.82, 2.24) is 5.32 Å². The molecule has 0 spiro atoms. The fraction of sp³-hybridized carbons (Fsp3) is 0.982. The van der Waals surface area contributed by atoms with Crippen molar-refractivity contribution in [3.8, 4) is 0 Å². The van der Waals surface area contributed by atoms with E-state index in [4.69, 9.17) is 18.9 Å². The summed E-state index contributed by atoms with van der Waals surface area (Å²) in [5.74, 6) is -0.210. The Morgan fingerprint density at radius 3 is 1.20 bits per heavy atom. The van der Waals surface area contributed by atoms with Gasteiger partial charge in [0.15, 0.2) is 12.6 Å². The van der Waals surface area contributed by atoms with Crippen LogP contribution in [0.4, 0.5) is 0 Å². The van der Waals surface area contributed by atoms with Crippen molar-refractivity contribution < 1.29 is 64.6 Å². The molecular weight excluding hydrogens is 907 g/mol. The fourth-order valence-electron chi connectivity index (χ4n) is 10.2. The maximum absolute atomic E-state index is 13.1. The molecule has 0 bridgehead atoms. The molecule has 0 aromatic carbocycles. The Hall–Kier alpha value is -1.01. The van der Waals surface area contributed by atoms with Gasteiger partial charge in [0.05, 0.1) is 32.0 Å². The van der Waals surface area contributed by atoms with E-state index in [0.29, 0.717) is 12.8 Å². The Morgan fingerprint density at radius 1 is 0.451 bits per heavy atom. The van der Waals surface area contributed by atoms with Gasteiger partial charge in [-0.3, -0.25) is 4.79 Å². The number of nitrogens with one attached hydrogen (secondary N) is 1. The highest BCUT2D eigenvalue weighted by Crippen LogP contribution is 2.30. The molecule has 422 valence electrons. The second kappa shape index (κ2) is 44.2. The Morgan fingerprint density at radius 2 is 0.803 bits per heavy atom. The van der Waals surface area contributed by atoms with Crippen LogP contribution in [-0.4, -0.2) is 140 Å². The first kappa shape index (κ1) is 66.1. The van der Waals surface area contributed by atoms with Gasteiger partial charge in [-0.2, -0.15) is 0 Å². The van der Waals surface area contributed by atoms with Gasteiger partial charge in [-0.25, -0.2) is 0 Å². The fourth-order valence-corrected chi connectivity index (χ4v) is 10.2. The molecule has 0 aromatic rings. The zero-order valence-electron chi connectivity index (χ0n) is 45.2. The molecule has 2 aliphatic heterocycles. The van der Waals surface area contributed by atoms with E-state index in [-0.39, 0.29) is 12.5 Å². The highest BCUT2D eigenvalue weighted by atomic mass is 16.7. The van der Waals surface area contributed by atoms with Gasteiger partial charge < -0.3 is 65.1 Å². The molecule has 9 N–H and O–H groups in total. The van der Waals surface area contributed by atoms with E-state index in [1.807, 2.05) is 0 Å². The standard InChI is InChI=1S/C57H111NO13/c1-3-5-7-9-11-12-13-14-15-16-17-18-19-20-21-22-23-24-25-26-27-28-29-30-31-32-33-35-36-38-40-46(61)45(58-49(62)41-39-37-34-10-8-6-4-2)44-68-56-54(67)52(65)55(48(43-60)70-56)71-57-53(66)51(64)50(63)47(42-59)69-57/h45-48,50-57,59-61,63-67H,3-44H2,1-2H3,(H,58,62). The van der Waals surface area contributed by atoms with E-state index in [1.165, 1.54) is 186 Å². The molecule has 2 fully saturated rings. The first-order valence-electron chi connectivity index (χ1n) is 29.8. The first-order valence-corrected chi connectivity index (χ1v) is 29.8. The minimum Gasteiger partial charge on any atom is -0.394 e. The number of ether oxygens (including phenoxy) is 4. The van der Waals surface area contributed by atoms with Crippen molar-refractivity contribution >= 4 is 5.91 Å². The molecule has 0 aliphatic carbocycles. The van der Waals surface area contributed by atoms with Crippen LogP contribution >= 0.6 is 0 Å². The largest absolute Gasteiger partial charge is 0.394 e. The molecule has 2 saturated heterocycles. The summed E-state index contributed by atoms with van der Waals surface area (Å²) in [5, 5.41) is 86.9. The lowest BCUT2D eigenvalue weighted by molar-refractivity contribution is -0.359. The third-order valence-electron chi connectivity index (χ3n) is 15.1. The summed E-state index contributed by atoms with van der Waals surface area (Å²) in [4.78, 5) is 13.1. The smallest absolute Gasteiger partial charge is 0.220 e. The lowest BCUT2D eigenvalue weighted by Gasteiger charge is -2.46. The summed E-state index contributed by atoms with van der Waals surface area (Å²) in [6.45, 7) is 2.83. The van der Waals surface area contributed by atoms with E-state index < -0.39 is 86.8 Å². The van der Waals surface area contributed by atoms with Gasteiger partial charge >= 0.3 is 0 Å². The Labute approximate surface area is 432 Å². The van der Waals surface area contributed by atoms with Gasteiger partial charge in [0.1, 0.15) is 48.8 Å². The number of aliphatic hydroxyl groups is 8. The van der Waals surface area contributed by atoms with Crippen molar-refractivity contribution in [2.24, 2.45) is 0 Å². The molecule has 0 radical (unpaired) electrons. The number of hydrogen-bond donors (Lipinski definition) is 9. The number of rotatable bonds is 48. The van der Waals surface area contributed by atoms with Crippen molar-refractivity contribution in [2.45, 2.75) is 338 Å². The van der Waals surface area contributed by atoms with Crippen LogP contribution < -0.4 is 5.32 Å². The SMILES string of the molecule is CCCCCCCCCCCCCCCCCCCCCCCCCCCCCCCCC(O)C(COC1OC(CO)C(OC2OC(CO)C(O)C(O)C2O)C(O)C1O)NC(=O)CCCCCCCCC. The van der Waals surface area contributed by atoms with Crippen molar-refractivity contribution in [2.75, 3.05) is 19.8 Å². The van der Waals surface area contributed by atoms with Gasteiger partial charge in [-0.15, -0.1) is 0 Å². The molecule has 71 heavy (non-hydrogen) atoms. The maximum atomic E-state index is 13.1. The third kappa shape index (κ3) is 30.4. The number of unbranched alkanes of at least 4 members (excludes halogenated alkanes) is 35. The molecule has 0 aromatic heterocycles. The van der Waals surface area contributed by atoms with E-state index in [9.17, 15) is 45.6 Å². The van der Waals surface area contributed by atoms with Crippen molar-refractivity contribution in [1.29, 1.82) is 0 Å². The van der Waals surface area contributed by atoms with Crippen LogP contribution in [0.5, 0.6) is 0 Å². The maximum Gasteiger partial charge on any atom is 0.220 e. The minimum absolute atomic E-state index is 0.210. The van der Waals surface area contributed by atoms with E-state index >= 15 is 0 Å². The van der Waals surface area contributed by atoms with Gasteiger partial charge in [0.2, 0.25) is 5.91 Å². The number of hydrogen-bond acceptors (Lipinski definition) is 13. The molecule has 14 heteroatoms. The van der Waals surface area contributed by atoms with Gasteiger partial charge in [0, 0.05) is 6.42 Å². The van der Waals surface area contributed by atoms with Gasteiger partial charge in [-0.1, -0.05) is 245 Å². The second-order valence-corrected chi connectivity index (χ2v) is 21.5. The van der Waals surface area contributed by atoms with E-state index in [2.05, 4.69) is 19.2 Å². The zero-order valence-corrected chi connectivity index (χ0v) is 45.2. The molecule has 12 unspecified atom stereocenters. The van der Waals surface area contributed by atoms with Crippen LogP contribution in [0, 0.1) is 0 Å². The number of carbonyl (C=O) groups excluding carboxylic acids is 1. The molecule has 2 rings (SSSR count). The van der Waals surface area contributed by atoms with Crippen LogP contribution in [0.2, 0.25) is 0 Å². The Balaban J connectivity index is 1.60. The topological polar surface area (TPSA) is 228 Å². The normalized spacial score (nSPS) is 25.7. The molecule has 2 aliphatic rings. The summed E-state index contributed by atoms with van der Waals surface area (Å²) in [6, 6.07) is -0.820. The second-order valence-electron chi connectivity index (χ2n) is 21.5. The van der Waals surface area contributed by atoms with Crippen molar-refractivity contribution in [3.05, 3.63) is 0 Å². The molecule has 2 heterocycles. The van der Waals surface area contributed by atoms with E-state index in [1.54, 1.807) is 0 Å². The highest BCUT2D eigenvalue weighted by Gasteiger charge is 2.51. The number of carbonyl (C=O) groups is 1. The molecule has 14 nitrogen and oxygen atoms in total. The predicted molar refractivity (Wildman–Crippen MR) is 282 cm³/mol. The average molecular weight is 1020 g/mol. The zero-order chi connectivity index (χ0) is 51.7. The number of amides is 1. The lowest BCUT2D eigenvalue weighted by atomic mass is 9.97. The predicted octanol–water partition coefficient (Wildman–Crippen LogP) is 9.73. The summed E-state index contributed by atoms with van der Waals surface area (Å²) >= 11 is 0. The molecule has 1 amide bonds. The van der Waals surface area contributed by atoms with Crippen LogP contribution in [0.1, 0.15) is 264 Å². The van der Waals surface area contributed by atoms with E-state index in [0.717, 1.165) is 51.4 Å². The third-order valence-corrected chi connectivity index (χ3v) is 15.1. The Kier molecular flexibility index (Phi) is 41.1. The quantitative estimate of drug-likeness (QED) is 0.0259. The van der Waals surface area contributed by atoms with Crippen LogP contribution in [-0.2, 0) is 23.7 Å². The van der Waals surface area contributed by atoms with Gasteiger partial charge in [-0.05, 0) is 12.8 Å². The highest BCUT2D eigenvalue weighted by molar-refractivity contribution is 5.76. The molecule has 12 atom stereocenters. The van der Waals surface area contributed by atoms with Gasteiger partial charge in [0.25, 0.3) is 0 Å². The van der Waals surface area contributed by atoms with Crippen molar-refractivity contribution in [3.63, 3.8) is 0 Å². The molecule has 0 saturated carbocycles. The first-order chi connectivity index (χ1) is 34.6. The van der Waals surface area contributed by atoms with Crippen LogP contribution in [0.3, 0.4) is 0 Å². The van der Waals surface area contributed by atoms with Crippen LogP contribution in [0.15, 0.2) is 0 Å². The van der Waals surface area contributed by atoms with Crippen LogP contribution in [0.25, 0.3) is 0 Å². The number of aliphatic hydroxyl groups excluding tert-OH is 8. The summed E-state index contributed by atoms with van der Waals surface area (Å²) in [6.07, 6.45) is 31.7. The minimum atomic E-state index is -1.78. The summed E-state index contributed by atoms with van der Waals surface area (Å²) < 4.78 is 22.7. The average Bonchev–Trinajstić information content (AvgIpc) is 3.37. The summed E-state index contributed by atoms with van der Waals surface area (Å²) in [5.41, 5.74) is 0.